The van der Waals surface area contributed by atoms with Crippen molar-refractivity contribution in [1.29, 1.82) is 0 Å². The van der Waals surface area contributed by atoms with Crippen LogP contribution in [0.15, 0.2) is 64.1 Å². The van der Waals surface area contributed by atoms with Crippen LogP contribution in [0.2, 0.25) is 10.0 Å². The Bertz CT molecular complexity index is 1480. The SMILES string of the molecule is CC(C)C1=C(C(=O)N2CCC[C@@H]2C(=O)N2CC[C@@H](N(C)C)C2)SC2=N[C@@](C)(c3ccc(Cl)cc3)[C@@H](c3ccc(Cl)cc3)N21. The van der Waals surface area contributed by atoms with E-state index in [1.165, 1.54) is 11.8 Å². The van der Waals surface area contributed by atoms with E-state index >= 15 is 0 Å². The largest absolute Gasteiger partial charge is 0.339 e. The summed E-state index contributed by atoms with van der Waals surface area (Å²) in [6.07, 6.45) is 2.50. The van der Waals surface area contributed by atoms with Crippen LogP contribution in [-0.4, -0.2) is 82.4 Å². The molecule has 10 heteroatoms. The van der Waals surface area contributed by atoms with Gasteiger partial charge in [0.2, 0.25) is 5.91 Å². The second kappa shape index (κ2) is 11.8. The molecular formula is C33H39Cl2N5O2S. The fourth-order valence-corrected chi connectivity index (χ4v) is 8.65. The van der Waals surface area contributed by atoms with E-state index in [1.54, 1.807) is 0 Å². The minimum Gasteiger partial charge on any atom is -0.339 e. The molecule has 228 valence electrons. The molecule has 0 radical (unpaired) electrons. The Labute approximate surface area is 268 Å². The van der Waals surface area contributed by atoms with Crippen molar-refractivity contribution in [1.82, 2.24) is 19.6 Å². The smallest absolute Gasteiger partial charge is 0.263 e. The van der Waals surface area contributed by atoms with E-state index in [9.17, 15) is 9.59 Å². The minimum absolute atomic E-state index is 0.0534. The molecule has 4 heterocycles. The summed E-state index contributed by atoms with van der Waals surface area (Å²) >= 11 is 14.0. The minimum atomic E-state index is -0.625. The van der Waals surface area contributed by atoms with Gasteiger partial charge in [0.25, 0.3) is 5.91 Å². The molecule has 0 saturated carbocycles. The normalized spacial score (nSPS) is 27.1. The zero-order chi connectivity index (χ0) is 30.6. The third kappa shape index (κ3) is 5.39. The molecule has 0 aromatic heterocycles. The van der Waals surface area contributed by atoms with E-state index in [2.05, 4.69) is 44.7 Å². The van der Waals surface area contributed by atoms with E-state index in [0.29, 0.717) is 34.0 Å². The summed E-state index contributed by atoms with van der Waals surface area (Å²) in [5, 5.41) is 2.15. The average molecular weight is 641 g/mol. The van der Waals surface area contributed by atoms with Crippen molar-refractivity contribution in [2.24, 2.45) is 10.9 Å². The molecule has 43 heavy (non-hydrogen) atoms. The molecule has 0 spiro atoms. The third-order valence-corrected chi connectivity index (χ3v) is 10.9. The molecule has 2 amide bonds. The highest BCUT2D eigenvalue weighted by atomic mass is 35.5. The molecule has 0 bridgehead atoms. The number of likely N-dealkylation sites (tertiary alicyclic amines) is 2. The number of rotatable bonds is 6. The molecule has 2 aromatic rings. The van der Waals surface area contributed by atoms with E-state index in [-0.39, 0.29) is 23.8 Å². The van der Waals surface area contributed by atoms with Gasteiger partial charge in [-0.1, -0.05) is 61.3 Å². The highest BCUT2D eigenvalue weighted by Gasteiger charge is 2.54. The number of hydrogen-bond donors (Lipinski definition) is 0. The van der Waals surface area contributed by atoms with Gasteiger partial charge in [0.15, 0.2) is 5.17 Å². The fourth-order valence-electron chi connectivity index (χ4n) is 7.04. The molecule has 7 nitrogen and oxygen atoms in total. The Kier molecular flexibility index (Phi) is 8.35. The number of allylic oxidation sites excluding steroid dienone is 1. The molecule has 4 aliphatic heterocycles. The number of amidine groups is 1. The first-order valence-electron chi connectivity index (χ1n) is 15.1. The summed E-state index contributed by atoms with van der Waals surface area (Å²) in [5.74, 6) is 0.0721. The van der Waals surface area contributed by atoms with Crippen molar-refractivity contribution in [2.75, 3.05) is 33.7 Å². The first kappa shape index (κ1) is 30.5. The van der Waals surface area contributed by atoms with Crippen LogP contribution in [0.25, 0.3) is 0 Å². The van der Waals surface area contributed by atoms with E-state index in [0.717, 1.165) is 47.9 Å². The monoisotopic (exact) mass is 639 g/mol. The lowest BCUT2D eigenvalue weighted by Crippen LogP contribution is -2.48. The topological polar surface area (TPSA) is 59.5 Å². The van der Waals surface area contributed by atoms with Gasteiger partial charge in [-0.25, -0.2) is 4.99 Å². The maximum Gasteiger partial charge on any atom is 0.263 e. The molecule has 2 aromatic carbocycles. The summed E-state index contributed by atoms with van der Waals surface area (Å²) in [7, 11) is 4.12. The number of halogens is 2. The molecule has 4 atom stereocenters. The molecule has 2 saturated heterocycles. The van der Waals surface area contributed by atoms with Crippen LogP contribution in [0.5, 0.6) is 0 Å². The number of aliphatic imine (C=N–C) groups is 1. The van der Waals surface area contributed by atoms with Gasteiger partial charge < -0.3 is 19.6 Å². The van der Waals surface area contributed by atoms with Crippen LogP contribution >= 0.6 is 35.0 Å². The van der Waals surface area contributed by atoms with Gasteiger partial charge in [0, 0.05) is 41.4 Å². The fraction of sp³-hybridized carbons (Fsp3) is 0.485. The second-order valence-corrected chi connectivity index (χ2v) is 14.5. The molecule has 6 rings (SSSR count). The number of likely N-dealkylation sites (N-methyl/N-ethyl adjacent to an activating group) is 1. The predicted octanol–water partition coefficient (Wildman–Crippen LogP) is 6.39. The van der Waals surface area contributed by atoms with E-state index in [4.69, 9.17) is 28.2 Å². The number of benzene rings is 2. The van der Waals surface area contributed by atoms with Crippen molar-refractivity contribution in [3.63, 3.8) is 0 Å². The van der Waals surface area contributed by atoms with Gasteiger partial charge in [-0.2, -0.15) is 0 Å². The summed E-state index contributed by atoms with van der Waals surface area (Å²) < 4.78 is 0. The van der Waals surface area contributed by atoms with Gasteiger partial charge in [0.1, 0.15) is 16.5 Å². The number of thioether (sulfide) groups is 1. The van der Waals surface area contributed by atoms with Gasteiger partial charge in [-0.3, -0.25) is 9.59 Å². The van der Waals surface area contributed by atoms with Crippen LogP contribution in [-0.2, 0) is 15.1 Å². The summed E-state index contributed by atoms with van der Waals surface area (Å²) in [4.78, 5) is 42.4. The quantitative estimate of drug-likeness (QED) is 0.367. The van der Waals surface area contributed by atoms with E-state index < -0.39 is 11.6 Å². The summed E-state index contributed by atoms with van der Waals surface area (Å²) in [5.41, 5.74) is 2.44. The molecule has 2 fully saturated rings. The van der Waals surface area contributed by atoms with Gasteiger partial charge in [-0.05, 0) is 93.4 Å². The summed E-state index contributed by atoms with van der Waals surface area (Å²) in [6.45, 7) is 8.45. The van der Waals surface area contributed by atoms with Gasteiger partial charge in [-0.15, -0.1) is 0 Å². The molecular weight excluding hydrogens is 601 g/mol. The van der Waals surface area contributed by atoms with Crippen molar-refractivity contribution in [3.05, 3.63) is 80.3 Å². The molecule has 0 unspecified atom stereocenters. The first-order valence-corrected chi connectivity index (χ1v) is 16.7. The average Bonchev–Trinajstić information content (AvgIpc) is 3.76. The maximum absolute atomic E-state index is 14.4. The van der Waals surface area contributed by atoms with Crippen molar-refractivity contribution < 1.29 is 9.59 Å². The van der Waals surface area contributed by atoms with Crippen molar-refractivity contribution in [2.45, 2.75) is 63.7 Å². The Morgan fingerprint density at radius 1 is 1.00 bits per heavy atom. The standard InChI is InChI=1S/C33H39Cl2N5O2S/c1-20(2)27-28(31(42)39-17-6-7-26(39)30(41)38-18-16-25(19-38)37(4)5)43-32-36-33(3,22-10-14-24(35)15-11-22)29(40(27)32)21-8-12-23(34)13-9-21/h8-15,20,25-26,29H,6-7,16-19H2,1-5H3/t25-,26-,29-,33+/m1/s1. The maximum atomic E-state index is 14.4. The van der Waals surface area contributed by atoms with Gasteiger partial charge in [0.05, 0.1) is 6.04 Å². The highest BCUT2D eigenvalue weighted by molar-refractivity contribution is 8.18. The number of amides is 2. The van der Waals surface area contributed by atoms with Crippen LogP contribution in [0.1, 0.15) is 57.2 Å². The predicted molar refractivity (Wildman–Crippen MR) is 175 cm³/mol. The lowest BCUT2D eigenvalue weighted by atomic mass is 9.81. The third-order valence-electron chi connectivity index (χ3n) is 9.37. The first-order chi connectivity index (χ1) is 20.5. The van der Waals surface area contributed by atoms with E-state index in [1.807, 2.05) is 58.3 Å². The van der Waals surface area contributed by atoms with Crippen LogP contribution in [0, 0.1) is 5.92 Å². The summed E-state index contributed by atoms with van der Waals surface area (Å²) in [6, 6.07) is 15.5. The Hall–Kier alpha value is -2.52. The van der Waals surface area contributed by atoms with Crippen LogP contribution in [0.4, 0.5) is 0 Å². The number of carbonyl (C=O) groups is 2. The number of hydrogen-bond acceptors (Lipinski definition) is 6. The second-order valence-electron chi connectivity index (χ2n) is 12.7. The van der Waals surface area contributed by atoms with Gasteiger partial charge >= 0.3 is 0 Å². The Balaban J connectivity index is 1.36. The zero-order valence-electron chi connectivity index (χ0n) is 25.4. The highest BCUT2D eigenvalue weighted by Crippen LogP contribution is 2.56. The molecule has 0 aliphatic carbocycles. The van der Waals surface area contributed by atoms with Crippen LogP contribution < -0.4 is 0 Å². The Morgan fingerprint density at radius 2 is 1.65 bits per heavy atom. The molecule has 4 aliphatic rings. The number of carbonyl (C=O) groups excluding carboxylic acids is 2. The lowest BCUT2D eigenvalue weighted by Gasteiger charge is -2.37. The number of nitrogens with zero attached hydrogens (tertiary/aromatic N) is 5. The van der Waals surface area contributed by atoms with Crippen molar-refractivity contribution in [3.8, 4) is 0 Å². The lowest BCUT2D eigenvalue weighted by molar-refractivity contribution is -0.141. The van der Waals surface area contributed by atoms with Crippen LogP contribution in [0.3, 0.4) is 0 Å². The zero-order valence-corrected chi connectivity index (χ0v) is 27.7. The molecule has 0 N–H and O–H groups in total. The van der Waals surface area contributed by atoms with Crippen molar-refractivity contribution >= 4 is 51.9 Å². The number of fused-ring (bicyclic) bond motifs is 1. The Morgan fingerprint density at radius 3 is 2.26 bits per heavy atom.